The Morgan fingerprint density at radius 1 is 1.53 bits per heavy atom. The number of hydrogen-bond acceptors (Lipinski definition) is 4. The third-order valence-electron chi connectivity index (χ3n) is 1.99. The highest BCUT2D eigenvalue weighted by Gasteiger charge is 2.05. The van der Waals surface area contributed by atoms with Crippen molar-refractivity contribution in [2.24, 2.45) is 0 Å². The molecule has 0 aliphatic heterocycles. The average Bonchev–Trinajstić information content (AvgIpc) is 2.28. The lowest BCUT2D eigenvalue weighted by molar-refractivity contribution is 0.0953. The van der Waals surface area contributed by atoms with Crippen LogP contribution in [-0.4, -0.2) is 41.7 Å². The molecule has 1 amide bonds. The molecular formula is C11H16FN3O2. The van der Waals surface area contributed by atoms with Crippen LogP contribution in [0.2, 0.25) is 0 Å². The molecule has 1 heterocycles. The van der Waals surface area contributed by atoms with Gasteiger partial charge in [-0.2, -0.15) is 0 Å². The van der Waals surface area contributed by atoms with E-state index >= 15 is 0 Å². The molecule has 0 saturated carbocycles. The molecule has 94 valence electrons. The standard InChI is InChI=1S/C11H16FN3O2/c1-8(16)5-13-2-3-15-11(17)9-4-10(12)7-14-6-9/h4,6-8,13,16H,2-3,5H2,1H3,(H,15,17). The van der Waals surface area contributed by atoms with Gasteiger partial charge >= 0.3 is 0 Å². The highest BCUT2D eigenvalue weighted by Crippen LogP contribution is 1.99. The molecule has 0 saturated heterocycles. The molecular weight excluding hydrogens is 225 g/mol. The van der Waals surface area contributed by atoms with Crippen molar-refractivity contribution in [1.29, 1.82) is 0 Å². The Morgan fingerprint density at radius 3 is 2.94 bits per heavy atom. The van der Waals surface area contributed by atoms with Gasteiger partial charge in [0, 0.05) is 25.8 Å². The molecule has 0 radical (unpaired) electrons. The maximum atomic E-state index is 12.8. The lowest BCUT2D eigenvalue weighted by Crippen LogP contribution is -2.34. The first kappa shape index (κ1) is 13.5. The second kappa shape index (κ2) is 6.93. The molecule has 1 unspecified atom stereocenters. The summed E-state index contributed by atoms with van der Waals surface area (Å²) in [5.74, 6) is -0.902. The number of aromatic nitrogens is 1. The van der Waals surface area contributed by atoms with Crippen molar-refractivity contribution in [2.75, 3.05) is 19.6 Å². The number of rotatable bonds is 6. The minimum atomic E-state index is -0.537. The summed E-state index contributed by atoms with van der Waals surface area (Å²) in [6.07, 6.45) is 1.93. The summed E-state index contributed by atoms with van der Waals surface area (Å²) in [4.78, 5) is 15.1. The highest BCUT2D eigenvalue weighted by atomic mass is 19.1. The number of nitrogens with zero attached hydrogens (tertiary/aromatic N) is 1. The third-order valence-corrected chi connectivity index (χ3v) is 1.99. The molecule has 0 aromatic carbocycles. The topological polar surface area (TPSA) is 74.2 Å². The van der Waals surface area contributed by atoms with Gasteiger partial charge in [-0.15, -0.1) is 0 Å². The molecule has 1 aromatic heterocycles. The number of hydrogen-bond donors (Lipinski definition) is 3. The zero-order valence-electron chi connectivity index (χ0n) is 9.61. The number of carbonyl (C=O) groups is 1. The molecule has 0 aliphatic carbocycles. The van der Waals surface area contributed by atoms with Crippen LogP contribution in [0.1, 0.15) is 17.3 Å². The Bertz CT molecular complexity index is 371. The van der Waals surface area contributed by atoms with Crippen molar-refractivity contribution in [3.63, 3.8) is 0 Å². The summed E-state index contributed by atoms with van der Waals surface area (Å²) in [6, 6.07) is 1.13. The smallest absolute Gasteiger partial charge is 0.252 e. The minimum absolute atomic E-state index is 0.195. The molecule has 6 heteroatoms. The summed E-state index contributed by atoms with van der Waals surface area (Å²) < 4.78 is 12.8. The monoisotopic (exact) mass is 241 g/mol. The van der Waals surface area contributed by atoms with Crippen molar-refractivity contribution in [3.05, 3.63) is 29.8 Å². The van der Waals surface area contributed by atoms with Crippen LogP contribution < -0.4 is 10.6 Å². The minimum Gasteiger partial charge on any atom is -0.392 e. The van der Waals surface area contributed by atoms with E-state index in [4.69, 9.17) is 5.11 Å². The molecule has 0 fully saturated rings. The number of nitrogens with one attached hydrogen (secondary N) is 2. The van der Waals surface area contributed by atoms with E-state index in [-0.39, 0.29) is 11.5 Å². The van der Waals surface area contributed by atoms with Crippen LogP contribution in [0.4, 0.5) is 4.39 Å². The van der Waals surface area contributed by atoms with E-state index in [1.165, 1.54) is 6.20 Å². The first-order valence-electron chi connectivity index (χ1n) is 5.37. The van der Waals surface area contributed by atoms with E-state index in [9.17, 15) is 9.18 Å². The molecule has 1 rings (SSSR count). The summed E-state index contributed by atoms with van der Waals surface area (Å²) in [6.45, 7) is 3.09. The first-order valence-corrected chi connectivity index (χ1v) is 5.37. The van der Waals surface area contributed by atoms with E-state index in [1.807, 2.05) is 0 Å². The summed E-state index contributed by atoms with van der Waals surface area (Å²) in [5, 5.41) is 14.5. The van der Waals surface area contributed by atoms with Gasteiger partial charge in [0.1, 0.15) is 5.82 Å². The van der Waals surface area contributed by atoms with Gasteiger partial charge in [0.2, 0.25) is 0 Å². The van der Waals surface area contributed by atoms with Crippen molar-refractivity contribution in [2.45, 2.75) is 13.0 Å². The first-order chi connectivity index (χ1) is 8.09. The largest absolute Gasteiger partial charge is 0.392 e. The predicted octanol–water partition coefficient (Wildman–Crippen LogP) is -0.0791. The van der Waals surface area contributed by atoms with E-state index < -0.39 is 11.9 Å². The summed E-state index contributed by atoms with van der Waals surface area (Å²) >= 11 is 0. The fourth-order valence-electron chi connectivity index (χ4n) is 1.21. The van der Waals surface area contributed by atoms with Gasteiger partial charge in [-0.3, -0.25) is 9.78 Å². The molecule has 0 bridgehead atoms. The van der Waals surface area contributed by atoms with Crippen molar-refractivity contribution >= 4 is 5.91 Å². The summed E-state index contributed by atoms with van der Waals surface area (Å²) in [5.41, 5.74) is 0.195. The number of carbonyl (C=O) groups excluding carboxylic acids is 1. The van der Waals surface area contributed by atoms with E-state index in [1.54, 1.807) is 6.92 Å². The fourth-order valence-corrected chi connectivity index (χ4v) is 1.21. The second-order valence-electron chi connectivity index (χ2n) is 3.70. The van der Waals surface area contributed by atoms with Gasteiger partial charge in [0.25, 0.3) is 5.91 Å². The molecule has 17 heavy (non-hydrogen) atoms. The van der Waals surface area contributed by atoms with E-state index in [0.717, 1.165) is 12.3 Å². The van der Waals surface area contributed by atoms with E-state index in [0.29, 0.717) is 19.6 Å². The van der Waals surface area contributed by atoms with Crippen LogP contribution in [-0.2, 0) is 0 Å². The van der Waals surface area contributed by atoms with Gasteiger partial charge in [-0.1, -0.05) is 0 Å². The second-order valence-corrected chi connectivity index (χ2v) is 3.70. The van der Waals surface area contributed by atoms with Gasteiger partial charge < -0.3 is 15.7 Å². The lowest BCUT2D eigenvalue weighted by Gasteiger charge is -2.08. The van der Waals surface area contributed by atoms with E-state index in [2.05, 4.69) is 15.6 Å². The normalized spacial score (nSPS) is 12.2. The van der Waals surface area contributed by atoms with Crippen LogP contribution in [0.15, 0.2) is 18.5 Å². The maximum Gasteiger partial charge on any atom is 0.252 e. The van der Waals surface area contributed by atoms with Gasteiger partial charge in [0.15, 0.2) is 0 Å². The number of aliphatic hydroxyl groups is 1. The number of amides is 1. The lowest BCUT2D eigenvalue weighted by atomic mass is 10.2. The Balaban J connectivity index is 2.26. The molecule has 3 N–H and O–H groups in total. The molecule has 0 aliphatic rings. The third kappa shape index (κ3) is 5.37. The average molecular weight is 241 g/mol. The van der Waals surface area contributed by atoms with Crippen LogP contribution in [0.25, 0.3) is 0 Å². The van der Waals surface area contributed by atoms with Crippen LogP contribution in [0.3, 0.4) is 0 Å². The molecule has 5 nitrogen and oxygen atoms in total. The highest BCUT2D eigenvalue weighted by molar-refractivity contribution is 5.93. The fraction of sp³-hybridized carbons (Fsp3) is 0.455. The maximum absolute atomic E-state index is 12.8. The Kier molecular flexibility index (Phi) is 5.51. The van der Waals surface area contributed by atoms with Gasteiger partial charge in [-0.05, 0) is 13.0 Å². The molecule has 1 aromatic rings. The number of halogens is 1. The SMILES string of the molecule is CC(O)CNCCNC(=O)c1cncc(F)c1. The number of aliphatic hydroxyl groups excluding tert-OH is 1. The zero-order valence-corrected chi connectivity index (χ0v) is 9.61. The Hall–Kier alpha value is -1.53. The van der Waals surface area contributed by atoms with Crippen molar-refractivity contribution in [1.82, 2.24) is 15.6 Å². The Morgan fingerprint density at radius 2 is 2.29 bits per heavy atom. The van der Waals surface area contributed by atoms with Gasteiger partial charge in [-0.25, -0.2) is 4.39 Å². The quantitative estimate of drug-likeness (QED) is 0.609. The Labute approximate surface area is 99.1 Å². The van der Waals surface area contributed by atoms with Crippen molar-refractivity contribution in [3.8, 4) is 0 Å². The van der Waals surface area contributed by atoms with Crippen LogP contribution in [0.5, 0.6) is 0 Å². The zero-order chi connectivity index (χ0) is 12.7. The molecule has 1 atom stereocenters. The van der Waals surface area contributed by atoms with Gasteiger partial charge in [0.05, 0.1) is 17.9 Å². The number of pyridine rings is 1. The molecule has 0 spiro atoms. The predicted molar refractivity (Wildman–Crippen MR) is 61.1 cm³/mol. The summed E-state index contributed by atoms with van der Waals surface area (Å²) in [7, 11) is 0. The van der Waals surface area contributed by atoms with Crippen LogP contribution >= 0.6 is 0 Å². The van der Waals surface area contributed by atoms with Crippen molar-refractivity contribution < 1.29 is 14.3 Å². The van der Waals surface area contributed by atoms with Crippen LogP contribution in [0, 0.1) is 5.82 Å².